The zero-order valence-electron chi connectivity index (χ0n) is 12.5. The molecule has 3 heteroatoms. The van der Waals surface area contributed by atoms with Crippen LogP contribution in [-0.4, -0.2) is 38.4 Å². The summed E-state index contributed by atoms with van der Waals surface area (Å²) in [6.07, 6.45) is 6.72. The van der Waals surface area contributed by atoms with Crippen molar-refractivity contribution in [1.82, 2.24) is 10.6 Å². The quantitative estimate of drug-likeness (QED) is 0.655. The Balaban J connectivity index is 2.00. The monoisotopic (exact) mass is 256 g/mol. The van der Waals surface area contributed by atoms with Crippen LogP contribution in [0.4, 0.5) is 0 Å². The standard InChI is InChI=1S/C15H32N2O/c1-13(2)12-18-10-9-16-14(3)11-15-7-5-4-6-8-17-15/h13-17H,4-12H2,1-3H3. The van der Waals surface area contributed by atoms with Crippen LogP contribution in [0.25, 0.3) is 0 Å². The Morgan fingerprint density at radius 2 is 2.06 bits per heavy atom. The lowest BCUT2D eigenvalue weighted by Gasteiger charge is -2.21. The predicted molar refractivity (Wildman–Crippen MR) is 78.0 cm³/mol. The van der Waals surface area contributed by atoms with Gasteiger partial charge in [0, 0.05) is 25.2 Å². The van der Waals surface area contributed by atoms with E-state index in [1.54, 1.807) is 0 Å². The van der Waals surface area contributed by atoms with Crippen LogP contribution in [-0.2, 0) is 4.74 Å². The summed E-state index contributed by atoms with van der Waals surface area (Å²) < 4.78 is 5.58. The molecule has 0 aromatic carbocycles. The molecule has 0 amide bonds. The van der Waals surface area contributed by atoms with Gasteiger partial charge in [0.1, 0.15) is 0 Å². The highest BCUT2D eigenvalue weighted by atomic mass is 16.5. The Labute approximate surface area is 113 Å². The maximum absolute atomic E-state index is 5.58. The number of nitrogens with one attached hydrogen (secondary N) is 2. The van der Waals surface area contributed by atoms with E-state index in [0.717, 1.165) is 19.8 Å². The minimum Gasteiger partial charge on any atom is -0.380 e. The molecule has 0 spiro atoms. The van der Waals surface area contributed by atoms with Crippen molar-refractivity contribution in [3.63, 3.8) is 0 Å². The second-order valence-electron chi connectivity index (χ2n) is 6.06. The van der Waals surface area contributed by atoms with Crippen molar-refractivity contribution in [1.29, 1.82) is 0 Å². The molecule has 2 atom stereocenters. The summed E-state index contributed by atoms with van der Waals surface area (Å²) in [4.78, 5) is 0. The zero-order valence-corrected chi connectivity index (χ0v) is 12.5. The van der Waals surface area contributed by atoms with Crippen molar-refractivity contribution < 1.29 is 4.74 Å². The van der Waals surface area contributed by atoms with Gasteiger partial charge in [0.05, 0.1) is 6.61 Å². The van der Waals surface area contributed by atoms with Crippen LogP contribution in [0.2, 0.25) is 0 Å². The molecule has 1 aliphatic heterocycles. The summed E-state index contributed by atoms with van der Waals surface area (Å²) in [6, 6.07) is 1.30. The van der Waals surface area contributed by atoms with Gasteiger partial charge in [-0.05, 0) is 38.6 Å². The first-order valence-electron chi connectivity index (χ1n) is 7.73. The van der Waals surface area contributed by atoms with E-state index in [2.05, 4.69) is 31.4 Å². The summed E-state index contributed by atoms with van der Waals surface area (Å²) in [6.45, 7) is 10.5. The van der Waals surface area contributed by atoms with Gasteiger partial charge in [-0.3, -0.25) is 0 Å². The third-order valence-electron chi connectivity index (χ3n) is 3.49. The van der Waals surface area contributed by atoms with Crippen molar-refractivity contribution in [2.45, 2.75) is 65.0 Å². The van der Waals surface area contributed by atoms with Crippen molar-refractivity contribution in [2.75, 3.05) is 26.3 Å². The maximum Gasteiger partial charge on any atom is 0.0591 e. The average molecular weight is 256 g/mol. The first-order valence-corrected chi connectivity index (χ1v) is 7.73. The second kappa shape index (κ2) is 9.76. The van der Waals surface area contributed by atoms with Gasteiger partial charge >= 0.3 is 0 Å². The Hall–Kier alpha value is -0.120. The molecule has 0 aromatic heterocycles. The minimum atomic E-state index is 0.586. The van der Waals surface area contributed by atoms with E-state index in [0.29, 0.717) is 18.0 Å². The molecule has 18 heavy (non-hydrogen) atoms. The van der Waals surface area contributed by atoms with E-state index in [9.17, 15) is 0 Å². The Bertz CT molecular complexity index is 189. The summed E-state index contributed by atoms with van der Waals surface area (Å²) in [5, 5.41) is 7.22. The molecule has 2 unspecified atom stereocenters. The summed E-state index contributed by atoms with van der Waals surface area (Å²) in [7, 11) is 0. The van der Waals surface area contributed by atoms with E-state index < -0.39 is 0 Å². The van der Waals surface area contributed by atoms with Crippen molar-refractivity contribution >= 4 is 0 Å². The van der Waals surface area contributed by atoms with Crippen molar-refractivity contribution in [3.8, 4) is 0 Å². The molecule has 2 N–H and O–H groups in total. The Morgan fingerprint density at radius 1 is 1.22 bits per heavy atom. The fourth-order valence-corrected chi connectivity index (χ4v) is 2.51. The topological polar surface area (TPSA) is 33.3 Å². The largest absolute Gasteiger partial charge is 0.380 e. The third kappa shape index (κ3) is 8.06. The lowest BCUT2D eigenvalue weighted by atomic mass is 10.0. The molecule has 1 heterocycles. The second-order valence-corrected chi connectivity index (χ2v) is 6.06. The summed E-state index contributed by atoms with van der Waals surface area (Å²) in [5.74, 6) is 0.637. The number of rotatable bonds is 8. The third-order valence-corrected chi connectivity index (χ3v) is 3.49. The van der Waals surface area contributed by atoms with Gasteiger partial charge in [0.2, 0.25) is 0 Å². The van der Waals surface area contributed by atoms with Gasteiger partial charge in [-0.2, -0.15) is 0 Å². The van der Waals surface area contributed by atoms with Gasteiger partial charge in [-0.25, -0.2) is 0 Å². The molecule has 0 bridgehead atoms. The van der Waals surface area contributed by atoms with Gasteiger partial charge in [0.25, 0.3) is 0 Å². The maximum atomic E-state index is 5.58. The molecular formula is C15H32N2O. The molecule has 108 valence electrons. The first-order chi connectivity index (χ1) is 8.68. The summed E-state index contributed by atoms with van der Waals surface area (Å²) >= 11 is 0. The highest BCUT2D eigenvalue weighted by Crippen LogP contribution is 2.12. The van der Waals surface area contributed by atoms with Gasteiger partial charge < -0.3 is 15.4 Å². The molecule has 0 saturated carbocycles. The van der Waals surface area contributed by atoms with Crippen LogP contribution >= 0.6 is 0 Å². The highest BCUT2D eigenvalue weighted by Gasteiger charge is 2.14. The van der Waals surface area contributed by atoms with Crippen molar-refractivity contribution in [3.05, 3.63) is 0 Å². The van der Waals surface area contributed by atoms with E-state index in [-0.39, 0.29) is 0 Å². The molecule has 1 rings (SSSR count). The van der Waals surface area contributed by atoms with Crippen molar-refractivity contribution in [2.24, 2.45) is 5.92 Å². The fourth-order valence-electron chi connectivity index (χ4n) is 2.51. The van der Waals surface area contributed by atoms with Crippen LogP contribution in [0.3, 0.4) is 0 Å². The Kier molecular flexibility index (Phi) is 8.64. The van der Waals surface area contributed by atoms with Crippen LogP contribution < -0.4 is 10.6 Å². The molecule has 0 aliphatic carbocycles. The predicted octanol–water partition coefficient (Wildman–Crippen LogP) is 2.56. The molecular weight excluding hydrogens is 224 g/mol. The molecule has 1 aliphatic rings. The van der Waals surface area contributed by atoms with Crippen LogP contribution in [0, 0.1) is 5.92 Å². The van der Waals surface area contributed by atoms with E-state index in [1.807, 2.05) is 0 Å². The fraction of sp³-hybridized carbons (Fsp3) is 1.00. The lowest BCUT2D eigenvalue weighted by molar-refractivity contribution is 0.110. The van der Waals surface area contributed by atoms with Crippen LogP contribution in [0.1, 0.15) is 52.9 Å². The minimum absolute atomic E-state index is 0.586. The number of hydrogen-bond donors (Lipinski definition) is 2. The van der Waals surface area contributed by atoms with Gasteiger partial charge in [-0.1, -0.05) is 26.7 Å². The smallest absolute Gasteiger partial charge is 0.0591 e. The SMILES string of the molecule is CC(C)COCCNC(C)CC1CCCCCN1. The Morgan fingerprint density at radius 3 is 2.83 bits per heavy atom. The van der Waals surface area contributed by atoms with Gasteiger partial charge in [-0.15, -0.1) is 0 Å². The highest BCUT2D eigenvalue weighted by molar-refractivity contribution is 4.75. The average Bonchev–Trinajstić information content (AvgIpc) is 2.56. The number of hydrogen-bond acceptors (Lipinski definition) is 3. The summed E-state index contributed by atoms with van der Waals surface area (Å²) in [5.41, 5.74) is 0. The van der Waals surface area contributed by atoms with E-state index in [4.69, 9.17) is 4.74 Å². The van der Waals surface area contributed by atoms with E-state index >= 15 is 0 Å². The molecule has 3 nitrogen and oxygen atoms in total. The molecule has 0 radical (unpaired) electrons. The van der Waals surface area contributed by atoms with Crippen LogP contribution in [0.5, 0.6) is 0 Å². The molecule has 1 saturated heterocycles. The number of ether oxygens (including phenoxy) is 1. The van der Waals surface area contributed by atoms with Crippen LogP contribution in [0.15, 0.2) is 0 Å². The zero-order chi connectivity index (χ0) is 13.2. The van der Waals surface area contributed by atoms with E-state index in [1.165, 1.54) is 38.6 Å². The molecule has 0 aromatic rings. The first kappa shape index (κ1) is 15.9. The molecule has 1 fully saturated rings. The normalized spacial score (nSPS) is 23.0. The lowest BCUT2D eigenvalue weighted by Crippen LogP contribution is -2.38. The van der Waals surface area contributed by atoms with Gasteiger partial charge in [0.15, 0.2) is 0 Å².